The summed E-state index contributed by atoms with van der Waals surface area (Å²) in [6.07, 6.45) is 7.32. The number of hydrogen-bond acceptors (Lipinski definition) is 3. The number of nitriles is 1. The Kier molecular flexibility index (Phi) is 4.40. The van der Waals surface area contributed by atoms with Gasteiger partial charge in [0.25, 0.3) is 0 Å². The van der Waals surface area contributed by atoms with Gasteiger partial charge in [-0.05, 0) is 50.3 Å². The minimum absolute atomic E-state index is 0.139. The van der Waals surface area contributed by atoms with Crippen LogP contribution in [0.5, 0.6) is 0 Å². The van der Waals surface area contributed by atoms with Crippen LogP contribution in [0, 0.1) is 23.1 Å². The van der Waals surface area contributed by atoms with E-state index in [2.05, 4.69) is 10.6 Å². The van der Waals surface area contributed by atoms with E-state index in [1.807, 2.05) is 12.1 Å². The zero-order valence-corrected chi connectivity index (χ0v) is 12.2. The van der Waals surface area contributed by atoms with Crippen molar-refractivity contribution in [3.05, 3.63) is 29.6 Å². The van der Waals surface area contributed by atoms with Crippen LogP contribution in [0.15, 0.2) is 18.2 Å². The molecule has 21 heavy (non-hydrogen) atoms. The van der Waals surface area contributed by atoms with E-state index in [-0.39, 0.29) is 5.56 Å². The van der Waals surface area contributed by atoms with Crippen LogP contribution in [0.25, 0.3) is 0 Å². The monoisotopic (exact) mass is 287 g/mol. The third-order valence-corrected chi connectivity index (χ3v) is 4.90. The molecule has 3 nitrogen and oxygen atoms in total. The summed E-state index contributed by atoms with van der Waals surface area (Å²) in [5.74, 6) is 0.146. The van der Waals surface area contributed by atoms with E-state index in [1.165, 1.54) is 38.2 Å². The SMILES string of the molecule is N#Cc1c(F)cccc1NC1CCCC1C1CCCCN1. The van der Waals surface area contributed by atoms with Crippen LogP contribution in [0.2, 0.25) is 0 Å². The maximum atomic E-state index is 13.7. The predicted molar refractivity (Wildman–Crippen MR) is 81.5 cm³/mol. The number of piperidine rings is 1. The van der Waals surface area contributed by atoms with Crippen molar-refractivity contribution in [2.45, 2.75) is 50.6 Å². The van der Waals surface area contributed by atoms with Crippen molar-refractivity contribution in [1.82, 2.24) is 5.32 Å². The first-order valence-electron chi connectivity index (χ1n) is 7.98. The first-order chi connectivity index (χ1) is 10.3. The van der Waals surface area contributed by atoms with E-state index in [9.17, 15) is 4.39 Å². The molecule has 3 rings (SSSR count). The molecule has 0 spiro atoms. The summed E-state index contributed by atoms with van der Waals surface area (Å²) in [5, 5.41) is 16.2. The molecule has 3 atom stereocenters. The largest absolute Gasteiger partial charge is 0.381 e. The first kappa shape index (κ1) is 14.3. The molecule has 1 aromatic rings. The Morgan fingerprint density at radius 2 is 2.10 bits per heavy atom. The lowest BCUT2D eigenvalue weighted by molar-refractivity contribution is 0.286. The minimum Gasteiger partial charge on any atom is -0.381 e. The molecule has 2 aliphatic rings. The van der Waals surface area contributed by atoms with Crippen LogP contribution < -0.4 is 10.6 Å². The molecule has 3 unspecified atom stereocenters. The summed E-state index contributed by atoms with van der Waals surface area (Å²) in [6, 6.07) is 7.71. The van der Waals surface area contributed by atoms with Gasteiger partial charge in [0.15, 0.2) is 0 Å². The van der Waals surface area contributed by atoms with Crippen LogP contribution >= 0.6 is 0 Å². The molecule has 0 bridgehead atoms. The molecule has 1 saturated heterocycles. The molecule has 2 fully saturated rings. The quantitative estimate of drug-likeness (QED) is 0.895. The molecule has 4 heteroatoms. The van der Waals surface area contributed by atoms with Crippen LogP contribution in [-0.4, -0.2) is 18.6 Å². The number of anilines is 1. The van der Waals surface area contributed by atoms with E-state index in [0.29, 0.717) is 23.7 Å². The third-order valence-electron chi connectivity index (χ3n) is 4.90. The molecule has 2 N–H and O–H groups in total. The number of nitrogens with one attached hydrogen (secondary N) is 2. The van der Waals surface area contributed by atoms with E-state index in [1.54, 1.807) is 6.07 Å². The molecule has 1 heterocycles. The predicted octanol–water partition coefficient (Wildman–Crippen LogP) is 3.42. The Morgan fingerprint density at radius 3 is 2.86 bits per heavy atom. The molecule has 1 saturated carbocycles. The molecule has 0 aromatic heterocycles. The second-order valence-corrected chi connectivity index (χ2v) is 6.18. The Balaban J connectivity index is 1.74. The Hall–Kier alpha value is -1.60. The average molecular weight is 287 g/mol. The van der Waals surface area contributed by atoms with E-state index < -0.39 is 5.82 Å². The van der Waals surface area contributed by atoms with Crippen LogP contribution in [0.4, 0.5) is 10.1 Å². The molecule has 1 aliphatic heterocycles. The van der Waals surface area contributed by atoms with Gasteiger partial charge < -0.3 is 10.6 Å². The van der Waals surface area contributed by atoms with E-state index >= 15 is 0 Å². The van der Waals surface area contributed by atoms with Crippen molar-refractivity contribution in [1.29, 1.82) is 5.26 Å². The fourth-order valence-corrected chi connectivity index (χ4v) is 3.85. The summed E-state index contributed by atoms with van der Waals surface area (Å²) >= 11 is 0. The van der Waals surface area contributed by atoms with Crippen molar-refractivity contribution in [3.63, 3.8) is 0 Å². The molecule has 1 aromatic carbocycles. The smallest absolute Gasteiger partial charge is 0.143 e. The molecular formula is C17H22FN3. The van der Waals surface area contributed by atoms with Crippen LogP contribution in [0.1, 0.15) is 44.1 Å². The second kappa shape index (κ2) is 6.44. The highest BCUT2D eigenvalue weighted by molar-refractivity contribution is 5.58. The molecule has 1 aliphatic carbocycles. The molecular weight excluding hydrogens is 265 g/mol. The zero-order valence-electron chi connectivity index (χ0n) is 12.2. The lowest BCUT2D eigenvalue weighted by atomic mass is 9.88. The van der Waals surface area contributed by atoms with Crippen molar-refractivity contribution in [2.24, 2.45) is 5.92 Å². The van der Waals surface area contributed by atoms with Gasteiger partial charge in [-0.1, -0.05) is 18.9 Å². The summed E-state index contributed by atoms with van der Waals surface area (Å²) in [7, 11) is 0. The maximum Gasteiger partial charge on any atom is 0.143 e. The van der Waals surface area contributed by atoms with Gasteiger partial charge in [-0.3, -0.25) is 0 Å². The Bertz CT molecular complexity index is 531. The van der Waals surface area contributed by atoms with Crippen molar-refractivity contribution < 1.29 is 4.39 Å². The molecule has 112 valence electrons. The highest BCUT2D eigenvalue weighted by Crippen LogP contribution is 2.34. The fourth-order valence-electron chi connectivity index (χ4n) is 3.85. The highest BCUT2D eigenvalue weighted by Gasteiger charge is 2.34. The summed E-state index contributed by atoms with van der Waals surface area (Å²) in [5.41, 5.74) is 0.782. The summed E-state index contributed by atoms with van der Waals surface area (Å²) < 4.78 is 13.7. The van der Waals surface area contributed by atoms with Crippen LogP contribution in [-0.2, 0) is 0 Å². The third kappa shape index (κ3) is 3.03. The first-order valence-corrected chi connectivity index (χ1v) is 7.98. The van der Waals surface area contributed by atoms with Crippen molar-refractivity contribution in [2.75, 3.05) is 11.9 Å². The Labute approximate surface area is 125 Å². The Morgan fingerprint density at radius 1 is 1.19 bits per heavy atom. The highest BCUT2D eigenvalue weighted by atomic mass is 19.1. The van der Waals surface area contributed by atoms with E-state index in [0.717, 1.165) is 13.0 Å². The van der Waals surface area contributed by atoms with Gasteiger partial charge in [0.2, 0.25) is 0 Å². The average Bonchev–Trinajstić information content (AvgIpc) is 2.97. The van der Waals surface area contributed by atoms with Crippen LogP contribution in [0.3, 0.4) is 0 Å². The van der Waals surface area contributed by atoms with Crippen molar-refractivity contribution in [3.8, 4) is 6.07 Å². The van der Waals surface area contributed by atoms with Gasteiger partial charge in [0.1, 0.15) is 17.4 Å². The normalized spacial score (nSPS) is 29.0. The number of benzene rings is 1. The van der Waals surface area contributed by atoms with Gasteiger partial charge in [0, 0.05) is 12.1 Å². The minimum atomic E-state index is -0.437. The second-order valence-electron chi connectivity index (χ2n) is 6.18. The van der Waals surface area contributed by atoms with Gasteiger partial charge in [-0.2, -0.15) is 5.26 Å². The molecule has 0 radical (unpaired) electrons. The fraction of sp³-hybridized carbons (Fsp3) is 0.588. The lowest BCUT2D eigenvalue weighted by Gasteiger charge is -2.33. The van der Waals surface area contributed by atoms with Gasteiger partial charge in [0.05, 0.1) is 5.69 Å². The topological polar surface area (TPSA) is 47.9 Å². The zero-order chi connectivity index (χ0) is 14.7. The summed E-state index contributed by atoms with van der Waals surface area (Å²) in [4.78, 5) is 0. The molecule has 0 amide bonds. The lowest BCUT2D eigenvalue weighted by Crippen LogP contribution is -2.44. The van der Waals surface area contributed by atoms with E-state index in [4.69, 9.17) is 5.26 Å². The standard InChI is InChI=1S/C17H22FN3/c18-14-6-4-9-17(13(14)11-19)21-16-8-3-5-12(16)15-7-1-2-10-20-15/h4,6,9,12,15-16,20-21H,1-3,5,7-8,10H2. The summed E-state index contributed by atoms with van der Waals surface area (Å²) in [6.45, 7) is 1.11. The number of nitrogens with zero attached hydrogens (tertiary/aromatic N) is 1. The van der Waals surface area contributed by atoms with Gasteiger partial charge in [-0.25, -0.2) is 4.39 Å². The number of hydrogen-bond donors (Lipinski definition) is 2. The van der Waals surface area contributed by atoms with Gasteiger partial charge >= 0.3 is 0 Å². The maximum absolute atomic E-state index is 13.7. The number of halogens is 1. The number of rotatable bonds is 3. The van der Waals surface area contributed by atoms with Crippen molar-refractivity contribution >= 4 is 5.69 Å². The van der Waals surface area contributed by atoms with Gasteiger partial charge in [-0.15, -0.1) is 0 Å².